The lowest BCUT2D eigenvalue weighted by atomic mass is 10.1. The summed E-state index contributed by atoms with van der Waals surface area (Å²) in [6.45, 7) is 0. The molecule has 3 rings (SSSR count). The number of thioether (sulfide) groups is 1. The number of hydrogen-bond acceptors (Lipinski definition) is 6. The first-order valence-electron chi connectivity index (χ1n) is 7.85. The molecule has 0 saturated carbocycles. The highest BCUT2D eigenvalue weighted by Crippen LogP contribution is 2.44. The number of carbonyl (C=O) groups excluding carboxylic acids is 2. The average Bonchev–Trinajstić information content (AvgIpc) is 3.03. The molecule has 10 heteroatoms. The highest BCUT2D eigenvalue weighted by molar-refractivity contribution is 8.26. The molecule has 0 aromatic heterocycles. The third-order valence-corrected chi connectivity index (χ3v) is 5.71. The number of likely N-dealkylation sites (N-methyl/N-ethyl adjacent to an activating group) is 1. The van der Waals surface area contributed by atoms with E-state index in [4.69, 9.17) is 17.3 Å². The van der Waals surface area contributed by atoms with Crippen LogP contribution in [0, 0.1) is 0 Å². The SMILES string of the molecule is CN1C(=O)/C(=C2/SC(=S)N(C(CCC(=O)O)C(=O)O)C2=O)c2ccccc21. The molecular formula is C17H14N2O6S2. The summed E-state index contributed by atoms with van der Waals surface area (Å²) in [6, 6.07) is 5.55. The lowest BCUT2D eigenvalue weighted by Crippen LogP contribution is -2.44. The van der Waals surface area contributed by atoms with Crippen molar-refractivity contribution in [2.75, 3.05) is 11.9 Å². The Kier molecular flexibility index (Phi) is 5.03. The number of hydrogen-bond donors (Lipinski definition) is 2. The number of carboxylic acid groups (broad SMARTS) is 2. The topological polar surface area (TPSA) is 115 Å². The van der Waals surface area contributed by atoms with Crippen LogP contribution in [0.1, 0.15) is 18.4 Å². The van der Waals surface area contributed by atoms with Gasteiger partial charge in [0.25, 0.3) is 11.8 Å². The summed E-state index contributed by atoms with van der Waals surface area (Å²) in [5.74, 6) is -3.61. The van der Waals surface area contributed by atoms with E-state index in [-0.39, 0.29) is 27.1 Å². The average molecular weight is 406 g/mol. The maximum atomic E-state index is 12.9. The van der Waals surface area contributed by atoms with E-state index in [1.807, 2.05) is 0 Å². The fourth-order valence-corrected chi connectivity index (χ4v) is 4.44. The number of thiocarbonyl (C=S) groups is 1. The summed E-state index contributed by atoms with van der Waals surface area (Å²) in [4.78, 5) is 50.4. The summed E-state index contributed by atoms with van der Waals surface area (Å²) in [7, 11) is 1.59. The number of aliphatic carboxylic acids is 2. The third-order valence-electron chi connectivity index (χ3n) is 4.31. The Hall–Kier alpha value is -2.72. The van der Waals surface area contributed by atoms with Crippen LogP contribution in [-0.2, 0) is 19.2 Å². The van der Waals surface area contributed by atoms with Crippen molar-refractivity contribution in [1.82, 2.24) is 4.90 Å². The Morgan fingerprint density at radius 1 is 1.19 bits per heavy atom. The van der Waals surface area contributed by atoms with Crippen molar-refractivity contribution in [1.29, 1.82) is 0 Å². The molecule has 27 heavy (non-hydrogen) atoms. The van der Waals surface area contributed by atoms with Crippen LogP contribution in [0.3, 0.4) is 0 Å². The van der Waals surface area contributed by atoms with Crippen molar-refractivity contribution in [3.05, 3.63) is 34.7 Å². The van der Waals surface area contributed by atoms with E-state index in [0.717, 1.165) is 16.7 Å². The molecule has 2 N–H and O–H groups in total. The van der Waals surface area contributed by atoms with E-state index in [1.165, 1.54) is 4.90 Å². The second-order valence-corrected chi connectivity index (χ2v) is 7.56. The van der Waals surface area contributed by atoms with E-state index in [9.17, 15) is 24.3 Å². The zero-order valence-electron chi connectivity index (χ0n) is 14.0. The molecule has 1 unspecified atom stereocenters. The second-order valence-electron chi connectivity index (χ2n) is 5.92. The number of anilines is 1. The van der Waals surface area contributed by atoms with Gasteiger partial charge in [-0.05, 0) is 12.5 Å². The van der Waals surface area contributed by atoms with E-state index in [1.54, 1.807) is 31.3 Å². The Labute approximate surface area is 163 Å². The summed E-state index contributed by atoms with van der Waals surface area (Å²) < 4.78 is -0.0138. The molecule has 2 amide bonds. The van der Waals surface area contributed by atoms with Gasteiger partial charge in [0.1, 0.15) is 10.4 Å². The van der Waals surface area contributed by atoms with Crippen LogP contribution in [0.4, 0.5) is 5.69 Å². The van der Waals surface area contributed by atoms with Crippen molar-refractivity contribution in [3.8, 4) is 0 Å². The molecular weight excluding hydrogens is 392 g/mol. The fourth-order valence-electron chi connectivity index (χ4n) is 3.01. The van der Waals surface area contributed by atoms with Gasteiger partial charge < -0.3 is 15.1 Å². The zero-order chi connectivity index (χ0) is 19.9. The highest BCUT2D eigenvalue weighted by atomic mass is 32.2. The van der Waals surface area contributed by atoms with Gasteiger partial charge in [-0.2, -0.15) is 0 Å². The molecule has 0 spiro atoms. The van der Waals surface area contributed by atoms with E-state index < -0.39 is 30.3 Å². The molecule has 0 radical (unpaired) electrons. The van der Waals surface area contributed by atoms with Gasteiger partial charge in [0.15, 0.2) is 0 Å². The summed E-state index contributed by atoms with van der Waals surface area (Å²) >= 11 is 6.03. The van der Waals surface area contributed by atoms with Gasteiger partial charge in [0, 0.05) is 19.0 Å². The van der Waals surface area contributed by atoms with Gasteiger partial charge in [-0.15, -0.1) is 0 Å². The minimum atomic E-state index is -1.41. The third kappa shape index (κ3) is 3.21. The first-order chi connectivity index (χ1) is 12.7. The smallest absolute Gasteiger partial charge is 0.326 e. The number of carbonyl (C=O) groups is 4. The fraction of sp³-hybridized carbons (Fsp3) is 0.235. The van der Waals surface area contributed by atoms with Crippen molar-refractivity contribution in [2.24, 2.45) is 0 Å². The van der Waals surface area contributed by atoms with Crippen molar-refractivity contribution < 1.29 is 29.4 Å². The maximum absolute atomic E-state index is 12.9. The van der Waals surface area contributed by atoms with Crippen LogP contribution in [0.5, 0.6) is 0 Å². The lowest BCUT2D eigenvalue weighted by Gasteiger charge is -2.22. The maximum Gasteiger partial charge on any atom is 0.326 e. The number of carboxylic acids is 2. The summed E-state index contributed by atoms with van der Waals surface area (Å²) in [6.07, 6.45) is -0.714. The second kappa shape index (κ2) is 7.12. The quantitative estimate of drug-likeness (QED) is 0.559. The molecule has 140 valence electrons. The van der Waals surface area contributed by atoms with Gasteiger partial charge in [0.05, 0.1) is 16.2 Å². The first kappa shape index (κ1) is 19.1. The van der Waals surface area contributed by atoms with Gasteiger partial charge in [0.2, 0.25) is 0 Å². The largest absolute Gasteiger partial charge is 0.481 e. The van der Waals surface area contributed by atoms with Crippen LogP contribution in [0.15, 0.2) is 29.2 Å². The summed E-state index contributed by atoms with van der Waals surface area (Å²) in [5.41, 5.74) is 1.39. The first-order valence-corrected chi connectivity index (χ1v) is 9.08. The molecule has 0 bridgehead atoms. The highest BCUT2D eigenvalue weighted by Gasteiger charge is 2.45. The molecule has 2 aliphatic heterocycles. The van der Waals surface area contributed by atoms with Gasteiger partial charge >= 0.3 is 11.9 Å². The number of benzene rings is 1. The molecule has 1 aromatic rings. The lowest BCUT2D eigenvalue weighted by molar-refractivity contribution is -0.146. The normalized spacial score (nSPS) is 20.3. The van der Waals surface area contributed by atoms with Gasteiger partial charge in [-0.1, -0.05) is 42.2 Å². The van der Waals surface area contributed by atoms with E-state index >= 15 is 0 Å². The predicted octanol–water partition coefficient (Wildman–Crippen LogP) is 1.55. The number of para-hydroxylation sites is 1. The molecule has 0 aliphatic carbocycles. The molecule has 8 nitrogen and oxygen atoms in total. The van der Waals surface area contributed by atoms with Crippen molar-refractivity contribution in [3.63, 3.8) is 0 Å². The summed E-state index contributed by atoms with van der Waals surface area (Å²) in [5, 5.41) is 18.3. The monoisotopic (exact) mass is 406 g/mol. The van der Waals surface area contributed by atoms with Crippen LogP contribution in [-0.4, -0.2) is 56.3 Å². The standard InChI is InChI=1S/C17H14N2O6S2/c1-18-9-5-3-2-4-8(9)12(14(18)22)13-15(23)19(17(26)27-13)10(16(24)25)6-7-11(20)21/h2-5,10H,6-7H2,1H3,(H,20,21)(H,24,25)/b13-12+. The Morgan fingerprint density at radius 3 is 2.48 bits per heavy atom. The van der Waals surface area contributed by atoms with Crippen LogP contribution in [0.2, 0.25) is 0 Å². The minimum Gasteiger partial charge on any atom is -0.481 e. The van der Waals surface area contributed by atoms with Crippen LogP contribution < -0.4 is 4.90 Å². The van der Waals surface area contributed by atoms with E-state index in [0.29, 0.717) is 11.3 Å². The Morgan fingerprint density at radius 2 is 1.85 bits per heavy atom. The van der Waals surface area contributed by atoms with E-state index in [2.05, 4.69) is 0 Å². The molecule has 1 fully saturated rings. The predicted molar refractivity (Wildman–Crippen MR) is 102 cm³/mol. The molecule has 1 atom stereocenters. The molecule has 1 aromatic carbocycles. The van der Waals surface area contributed by atoms with Crippen molar-refractivity contribution >= 4 is 63.3 Å². The van der Waals surface area contributed by atoms with Gasteiger partial charge in [-0.3, -0.25) is 19.3 Å². The molecule has 1 saturated heterocycles. The van der Waals surface area contributed by atoms with Crippen molar-refractivity contribution in [2.45, 2.75) is 18.9 Å². The Bertz CT molecular complexity index is 926. The molecule has 2 heterocycles. The van der Waals surface area contributed by atoms with Crippen LogP contribution in [0.25, 0.3) is 5.57 Å². The molecule has 2 aliphatic rings. The van der Waals surface area contributed by atoms with Crippen LogP contribution >= 0.6 is 24.0 Å². The minimum absolute atomic E-state index is 0.0138. The number of fused-ring (bicyclic) bond motifs is 1. The zero-order valence-corrected chi connectivity index (χ0v) is 15.7. The number of amides is 2. The number of rotatable bonds is 5. The Balaban J connectivity index is 2.03. The van der Waals surface area contributed by atoms with Gasteiger partial charge in [-0.25, -0.2) is 4.79 Å². The number of nitrogens with zero attached hydrogens (tertiary/aromatic N) is 2.